The molecule has 3 aromatic rings. The van der Waals surface area contributed by atoms with Gasteiger partial charge in [0.05, 0.1) is 5.56 Å². The fourth-order valence-corrected chi connectivity index (χ4v) is 6.33. The highest BCUT2D eigenvalue weighted by atomic mass is 32.1. The second-order valence-electron chi connectivity index (χ2n) is 9.73. The molecular weight excluding hydrogens is 447 g/mol. The SMILES string of the molecule is Cc1cccc(C(=O)N2CC(CN3CCC(c4ccc(F)cc4)CC3)C(c3ccsc3)C2)c1O. The summed E-state index contributed by atoms with van der Waals surface area (Å²) in [6.45, 7) is 6.19. The number of aromatic hydroxyl groups is 1. The number of piperidine rings is 1. The number of phenols is 1. The lowest BCUT2D eigenvalue weighted by atomic mass is 9.87. The Hall–Kier alpha value is -2.70. The highest BCUT2D eigenvalue weighted by Crippen LogP contribution is 2.37. The number of nitrogens with zero attached hydrogens (tertiary/aromatic N) is 2. The fourth-order valence-electron chi connectivity index (χ4n) is 5.60. The van der Waals surface area contributed by atoms with E-state index in [-0.39, 0.29) is 17.5 Å². The van der Waals surface area contributed by atoms with Crippen LogP contribution in [-0.2, 0) is 0 Å². The molecule has 2 aliphatic rings. The topological polar surface area (TPSA) is 43.8 Å². The molecule has 6 heteroatoms. The van der Waals surface area contributed by atoms with Crippen molar-refractivity contribution in [1.82, 2.24) is 9.80 Å². The fraction of sp³-hybridized carbons (Fsp3) is 0.393. The summed E-state index contributed by atoms with van der Waals surface area (Å²) in [6.07, 6.45) is 2.14. The maximum Gasteiger partial charge on any atom is 0.257 e. The molecule has 1 amide bonds. The Balaban J connectivity index is 1.27. The van der Waals surface area contributed by atoms with Crippen LogP contribution in [0.5, 0.6) is 5.75 Å². The number of para-hydroxylation sites is 1. The van der Waals surface area contributed by atoms with E-state index in [4.69, 9.17) is 0 Å². The van der Waals surface area contributed by atoms with Crippen molar-refractivity contribution in [2.24, 2.45) is 5.92 Å². The number of thiophene rings is 1. The number of phenolic OH excluding ortho intramolecular Hbond substituents is 1. The predicted octanol–water partition coefficient (Wildman–Crippen LogP) is 5.64. The van der Waals surface area contributed by atoms with E-state index in [0.29, 0.717) is 36.4 Å². The number of amides is 1. The van der Waals surface area contributed by atoms with Crippen LogP contribution < -0.4 is 0 Å². The zero-order valence-electron chi connectivity index (χ0n) is 19.5. The number of halogens is 1. The number of carbonyl (C=O) groups is 1. The van der Waals surface area contributed by atoms with Gasteiger partial charge in [-0.25, -0.2) is 4.39 Å². The standard InChI is InChI=1S/C28H31FN2O2S/c1-19-3-2-4-25(27(19)32)28(33)31-16-23(26(17-31)22-11-14-34-18-22)15-30-12-9-21(10-13-30)20-5-7-24(29)8-6-20/h2-8,11,14,18,21,23,26,32H,9-10,12-13,15-17H2,1H3. The second kappa shape index (κ2) is 9.88. The van der Waals surface area contributed by atoms with Gasteiger partial charge in [-0.1, -0.05) is 24.3 Å². The van der Waals surface area contributed by atoms with E-state index in [0.717, 1.165) is 38.0 Å². The highest BCUT2D eigenvalue weighted by molar-refractivity contribution is 7.08. The molecule has 2 aliphatic heterocycles. The Morgan fingerprint density at radius 3 is 2.53 bits per heavy atom. The third-order valence-corrected chi connectivity index (χ3v) is 8.29. The van der Waals surface area contributed by atoms with Crippen LogP contribution in [0.2, 0.25) is 0 Å². The molecule has 178 valence electrons. The lowest BCUT2D eigenvalue weighted by Crippen LogP contribution is -2.38. The van der Waals surface area contributed by atoms with Crippen LogP contribution in [0.4, 0.5) is 4.39 Å². The number of rotatable bonds is 5. The van der Waals surface area contributed by atoms with Gasteiger partial charge < -0.3 is 14.9 Å². The van der Waals surface area contributed by atoms with E-state index < -0.39 is 0 Å². The van der Waals surface area contributed by atoms with Gasteiger partial charge in [0.1, 0.15) is 11.6 Å². The van der Waals surface area contributed by atoms with Crippen LogP contribution in [0, 0.1) is 18.7 Å². The van der Waals surface area contributed by atoms with E-state index in [9.17, 15) is 14.3 Å². The van der Waals surface area contributed by atoms with E-state index in [2.05, 4.69) is 21.7 Å². The summed E-state index contributed by atoms with van der Waals surface area (Å²) in [5.74, 6) is 0.963. The number of hydrogen-bond acceptors (Lipinski definition) is 4. The number of aryl methyl sites for hydroxylation is 1. The van der Waals surface area contributed by atoms with Crippen LogP contribution >= 0.6 is 11.3 Å². The van der Waals surface area contributed by atoms with Gasteiger partial charge in [-0.2, -0.15) is 11.3 Å². The molecule has 0 spiro atoms. The molecular formula is C28H31FN2O2S. The van der Waals surface area contributed by atoms with E-state index >= 15 is 0 Å². The number of likely N-dealkylation sites (tertiary alicyclic amines) is 2. The molecule has 2 unspecified atom stereocenters. The molecule has 1 N–H and O–H groups in total. The van der Waals surface area contributed by atoms with Gasteiger partial charge in [0.25, 0.3) is 5.91 Å². The van der Waals surface area contributed by atoms with Crippen LogP contribution in [0.25, 0.3) is 0 Å². The zero-order valence-corrected chi connectivity index (χ0v) is 20.3. The van der Waals surface area contributed by atoms with Crippen LogP contribution in [0.3, 0.4) is 0 Å². The Morgan fingerprint density at radius 2 is 1.82 bits per heavy atom. The maximum absolute atomic E-state index is 13.3. The zero-order chi connectivity index (χ0) is 23.7. The van der Waals surface area contributed by atoms with Crippen molar-refractivity contribution in [2.45, 2.75) is 31.6 Å². The average molecular weight is 479 g/mol. The maximum atomic E-state index is 13.3. The van der Waals surface area contributed by atoms with Gasteiger partial charge in [0.15, 0.2) is 0 Å². The largest absolute Gasteiger partial charge is 0.507 e. The molecule has 0 saturated carbocycles. The van der Waals surface area contributed by atoms with Gasteiger partial charge in [0, 0.05) is 25.6 Å². The quantitative estimate of drug-likeness (QED) is 0.516. The van der Waals surface area contributed by atoms with Crippen molar-refractivity contribution in [3.8, 4) is 5.75 Å². The summed E-state index contributed by atoms with van der Waals surface area (Å²) < 4.78 is 13.3. The lowest BCUT2D eigenvalue weighted by molar-refractivity contribution is 0.0778. The minimum atomic E-state index is -0.181. The molecule has 0 bridgehead atoms. The molecule has 2 saturated heterocycles. The number of carbonyl (C=O) groups excluding carboxylic acids is 1. The minimum Gasteiger partial charge on any atom is -0.507 e. The molecule has 2 fully saturated rings. The molecule has 3 heterocycles. The monoisotopic (exact) mass is 478 g/mol. The van der Waals surface area contributed by atoms with Gasteiger partial charge in [0.2, 0.25) is 0 Å². The van der Waals surface area contributed by atoms with Gasteiger partial charge in [-0.05, 0) is 96.4 Å². The average Bonchev–Trinajstić information content (AvgIpc) is 3.52. The molecule has 4 nitrogen and oxygen atoms in total. The summed E-state index contributed by atoms with van der Waals surface area (Å²) in [5, 5.41) is 14.8. The van der Waals surface area contributed by atoms with Crippen LogP contribution in [-0.4, -0.2) is 53.5 Å². The molecule has 1 aromatic heterocycles. The van der Waals surface area contributed by atoms with Crippen molar-refractivity contribution in [2.75, 3.05) is 32.7 Å². The van der Waals surface area contributed by atoms with Crippen LogP contribution in [0.15, 0.2) is 59.3 Å². The van der Waals surface area contributed by atoms with Gasteiger partial charge in [-0.3, -0.25) is 4.79 Å². The Labute approximate surface area is 204 Å². The first kappa shape index (κ1) is 23.1. The van der Waals surface area contributed by atoms with Crippen molar-refractivity contribution in [1.29, 1.82) is 0 Å². The van der Waals surface area contributed by atoms with Crippen molar-refractivity contribution in [3.63, 3.8) is 0 Å². The molecule has 5 rings (SSSR count). The Morgan fingerprint density at radius 1 is 1.06 bits per heavy atom. The first-order valence-corrected chi connectivity index (χ1v) is 13.0. The molecule has 0 radical (unpaired) electrons. The summed E-state index contributed by atoms with van der Waals surface area (Å²) in [4.78, 5) is 17.8. The summed E-state index contributed by atoms with van der Waals surface area (Å²) >= 11 is 1.70. The van der Waals surface area contributed by atoms with Crippen molar-refractivity contribution < 1.29 is 14.3 Å². The molecule has 2 aromatic carbocycles. The summed E-state index contributed by atoms with van der Waals surface area (Å²) in [5.41, 5.74) is 3.65. The summed E-state index contributed by atoms with van der Waals surface area (Å²) in [6, 6.07) is 14.5. The van der Waals surface area contributed by atoms with Crippen LogP contribution in [0.1, 0.15) is 51.7 Å². The molecule has 0 aliphatic carbocycles. The normalized spacial score (nSPS) is 21.8. The Kier molecular flexibility index (Phi) is 6.70. The smallest absolute Gasteiger partial charge is 0.257 e. The third-order valence-electron chi connectivity index (χ3n) is 7.59. The lowest BCUT2D eigenvalue weighted by Gasteiger charge is -2.34. The number of hydrogen-bond donors (Lipinski definition) is 1. The van der Waals surface area contributed by atoms with E-state index in [1.807, 2.05) is 36.1 Å². The molecule has 34 heavy (non-hydrogen) atoms. The second-order valence-corrected chi connectivity index (χ2v) is 10.5. The van der Waals surface area contributed by atoms with Gasteiger partial charge >= 0.3 is 0 Å². The Bertz CT molecular complexity index is 1120. The number of benzene rings is 2. The highest BCUT2D eigenvalue weighted by Gasteiger charge is 2.38. The predicted molar refractivity (Wildman–Crippen MR) is 134 cm³/mol. The van der Waals surface area contributed by atoms with Crippen molar-refractivity contribution >= 4 is 17.2 Å². The minimum absolute atomic E-state index is 0.0843. The summed E-state index contributed by atoms with van der Waals surface area (Å²) in [7, 11) is 0. The molecule has 2 atom stereocenters. The third kappa shape index (κ3) is 4.75. The van der Waals surface area contributed by atoms with Crippen molar-refractivity contribution in [3.05, 3.63) is 87.4 Å². The van der Waals surface area contributed by atoms with E-state index in [1.165, 1.54) is 11.1 Å². The van der Waals surface area contributed by atoms with E-state index in [1.54, 1.807) is 29.5 Å². The first-order chi connectivity index (χ1) is 16.5. The van der Waals surface area contributed by atoms with Gasteiger partial charge in [-0.15, -0.1) is 0 Å². The first-order valence-electron chi connectivity index (χ1n) is 12.1.